The van der Waals surface area contributed by atoms with Crippen molar-refractivity contribution in [3.05, 3.63) is 29.3 Å². The third-order valence-electron chi connectivity index (χ3n) is 3.19. The van der Waals surface area contributed by atoms with E-state index in [1.165, 1.54) is 0 Å². The normalized spacial score (nSPS) is 16.9. The molecule has 0 spiro atoms. The topological polar surface area (TPSA) is 95.9 Å². The molecule has 0 saturated heterocycles. The molecule has 0 aromatic heterocycles. The zero-order chi connectivity index (χ0) is 14.7. The van der Waals surface area contributed by atoms with E-state index in [4.69, 9.17) is 0 Å². The Bertz CT molecular complexity index is 528. The maximum absolute atomic E-state index is 11.4. The Morgan fingerprint density at radius 1 is 1.40 bits per heavy atom. The number of amides is 1. The molecule has 1 aromatic carbocycles. The van der Waals surface area contributed by atoms with Gasteiger partial charge in [-0.1, -0.05) is 12.1 Å². The van der Waals surface area contributed by atoms with Crippen LogP contribution in [0, 0.1) is 0 Å². The molecule has 2 unspecified atom stereocenters. The summed E-state index contributed by atoms with van der Waals surface area (Å²) < 4.78 is 4.67. The first-order valence-electron chi connectivity index (χ1n) is 6.48. The number of ether oxygens (including phenoxy) is 1. The number of esters is 1. The van der Waals surface area contributed by atoms with Crippen LogP contribution in [-0.2, 0) is 20.7 Å². The summed E-state index contributed by atoms with van der Waals surface area (Å²) >= 11 is 0. The number of carbonyl (C=O) groups is 2. The average molecular weight is 279 g/mol. The molecular weight excluding hydrogens is 262 g/mol. The van der Waals surface area contributed by atoms with Gasteiger partial charge in [-0.05, 0) is 30.5 Å². The average Bonchev–Trinajstić information content (AvgIpc) is 2.45. The van der Waals surface area contributed by atoms with Crippen LogP contribution in [-0.4, -0.2) is 34.8 Å². The molecular formula is C14H17NO5. The van der Waals surface area contributed by atoms with Crippen molar-refractivity contribution in [3.8, 4) is 0 Å². The summed E-state index contributed by atoms with van der Waals surface area (Å²) in [7, 11) is 0. The number of benzene rings is 1. The number of hydrogen-bond donors (Lipinski definition) is 3. The zero-order valence-electron chi connectivity index (χ0n) is 11.1. The highest BCUT2D eigenvalue weighted by atomic mass is 16.5. The summed E-state index contributed by atoms with van der Waals surface area (Å²) in [5.41, 5.74) is 1.99. The maximum atomic E-state index is 11.4. The van der Waals surface area contributed by atoms with E-state index in [9.17, 15) is 19.8 Å². The number of fused-ring (bicyclic) bond motifs is 1. The third-order valence-corrected chi connectivity index (χ3v) is 3.19. The van der Waals surface area contributed by atoms with Crippen LogP contribution in [0.3, 0.4) is 0 Å². The first-order valence-corrected chi connectivity index (χ1v) is 6.48. The second-order valence-electron chi connectivity index (χ2n) is 4.61. The summed E-state index contributed by atoms with van der Waals surface area (Å²) in [6.45, 7) is 1.76. The molecule has 6 heteroatoms. The van der Waals surface area contributed by atoms with Gasteiger partial charge in [-0.2, -0.15) is 0 Å². The van der Waals surface area contributed by atoms with Gasteiger partial charge in [-0.25, -0.2) is 4.79 Å². The molecule has 0 radical (unpaired) electrons. The molecule has 1 amide bonds. The van der Waals surface area contributed by atoms with Crippen LogP contribution in [0.1, 0.15) is 30.6 Å². The Balaban J connectivity index is 2.17. The number of carbonyl (C=O) groups excluding carboxylic acids is 2. The van der Waals surface area contributed by atoms with Crippen molar-refractivity contribution in [2.24, 2.45) is 0 Å². The lowest BCUT2D eigenvalue weighted by molar-refractivity contribution is -0.159. The molecule has 0 bridgehead atoms. The van der Waals surface area contributed by atoms with Gasteiger partial charge in [0.1, 0.15) is 6.10 Å². The minimum atomic E-state index is -1.62. The van der Waals surface area contributed by atoms with Crippen LogP contribution in [0.2, 0.25) is 0 Å². The Kier molecular flexibility index (Phi) is 4.36. The van der Waals surface area contributed by atoms with Crippen LogP contribution in [0.25, 0.3) is 0 Å². The van der Waals surface area contributed by atoms with Crippen LogP contribution in [0.15, 0.2) is 18.2 Å². The molecule has 1 aliphatic rings. The smallest absolute Gasteiger partial charge is 0.338 e. The Hall–Kier alpha value is -1.92. The maximum Gasteiger partial charge on any atom is 0.338 e. The number of aryl methyl sites for hydroxylation is 1. The highest BCUT2D eigenvalue weighted by Crippen LogP contribution is 2.27. The summed E-state index contributed by atoms with van der Waals surface area (Å²) in [4.78, 5) is 22.7. The van der Waals surface area contributed by atoms with Gasteiger partial charge in [0.05, 0.1) is 6.61 Å². The summed E-state index contributed by atoms with van der Waals surface area (Å²) in [5.74, 6) is -0.900. The van der Waals surface area contributed by atoms with Gasteiger partial charge in [0.25, 0.3) is 0 Å². The number of aliphatic hydroxyl groups excluding tert-OH is 2. The molecule has 6 nitrogen and oxygen atoms in total. The Morgan fingerprint density at radius 2 is 2.15 bits per heavy atom. The Labute approximate surface area is 116 Å². The van der Waals surface area contributed by atoms with E-state index in [1.807, 2.05) is 0 Å². The number of anilines is 1. The van der Waals surface area contributed by atoms with Gasteiger partial charge >= 0.3 is 5.97 Å². The van der Waals surface area contributed by atoms with Crippen LogP contribution >= 0.6 is 0 Å². The predicted octanol–water partition coefficient (Wildman–Crippen LogP) is 0.529. The second kappa shape index (κ2) is 6.02. The van der Waals surface area contributed by atoms with Gasteiger partial charge in [0.15, 0.2) is 6.10 Å². The summed E-state index contributed by atoms with van der Waals surface area (Å²) in [6.07, 6.45) is -2.02. The number of nitrogens with one attached hydrogen (secondary N) is 1. The highest BCUT2D eigenvalue weighted by Gasteiger charge is 2.27. The minimum Gasteiger partial charge on any atom is -0.464 e. The largest absolute Gasteiger partial charge is 0.464 e. The third kappa shape index (κ3) is 2.97. The van der Waals surface area contributed by atoms with Gasteiger partial charge in [-0.3, -0.25) is 4.79 Å². The van der Waals surface area contributed by atoms with Gasteiger partial charge in [0, 0.05) is 12.1 Å². The van der Waals surface area contributed by atoms with Crippen LogP contribution < -0.4 is 5.32 Å². The predicted molar refractivity (Wildman–Crippen MR) is 71.0 cm³/mol. The van der Waals surface area contributed by atoms with E-state index in [-0.39, 0.29) is 12.5 Å². The van der Waals surface area contributed by atoms with Crippen molar-refractivity contribution in [2.45, 2.75) is 32.0 Å². The molecule has 0 saturated carbocycles. The molecule has 2 atom stereocenters. The lowest BCUT2D eigenvalue weighted by Gasteiger charge is -2.21. The standard InChI is InChI=1S/C14H17NO5/c1-2-20-14(19)13(18)12(17)9-3-5-10-8(7-9)4-6-11(16)15-10/h3,5,7,12-13,17-18H,2,4,6H2,1H3,(H,15,16). The fourth-order valence-corrected chi connectivity index (χ4v) is 2.13. The molecule has 0 aliphatic carbocycles. The van der Waals surface area contributed by atoms with Crippen LogP contribution in [0.4, 0.5) is 5.69 Å². The zero-order valence-corrected chi connectivity index (χ0v) is 11.1. The molecule has 108 valence electrons. The van der Waals surface area contributed by atoms with Crippen LogP contribution in [0.5, 0.6) is 0 Å². The molecule has 1 aliphatic heterocycles. The van der Waals surface area contributed by atoms with E-state index in [2.05, 4.69) is 10.1 Å². The summed E-state index contributed by atoms with van der Waals surface area (Å²) in [5, 5.41) is 22.4. The Morgan fingerprint density at radius 3 is 2.85 bits per heavy atom. The lowest BCUT2D eigenvalue weighted by Crippen LogP contribution is -2.30. The first kappa shape index (κ1) is 14.5. The van der Waals surface area contributed by atoms with Gasteiger partial charge in [0.2, 0.25) is 5.91 Å². The van der Waals surface area contributed by atoms with Crippen molar-refractivity contribution in [1.29, 1.82) is 0 Å². The monoisotopic (exact) mass is 279 g/mol. The molecule has 0 fully saturated rings. The minimum absolute atomic E-state index is 0.0441. The summed E-state index contributed by atoms with van der Waals surface area (Å²) in [6, 6.07) is 4.91. The van der Waals surface area contributed by atoms with Crippen molar-refractivity contribution < 1.29 is 24.5 Å². The number of aliphatic hydroxyl groups is 2. The van der Waals surface area contributed by atoms with E-state index in [0.29, 0.717) is 24.1 Å². The fourth-order valence-electron chi connectivity index (χ4n) is 2.13. The van der Waals surface area contributed by atoms with Crippen molar-refractivity contribution >= 4 is 17.6 Å². The first-order chi connectivity index (χ1) is 9.52. The number of rotatable bonds is 4. The lowest BCUT2D eigenvalue weighted by atomic mass is 9.96. The van der Waals surface area contributed by atoms with E-state index in [0.717, 1.165) is 5.56 Å². The second-order valence-corrected chi connectivity index (χ2v) is 4.61. The number of hydrogen-bond acceptors (Lipinski definition) is 5. The van der Waals surface area contributed by atoms with Crippen molar-refractivity contribution in [3.63, 3.8) is 0 Å². The SMILES string of the molecule is CCOC(=O)C(O)C(O)c1ccc2c(c1)CCC(=O)N2. The fraction of sp³-hybridized carbons (Fsp3) is 0.429. The molecule has 2 rings (SSSR count). The van der Waals surface area contributed by atoms with E-state index >= 15 is 0 Å². The molecule has 1 aromatic rings. The van der Waals surface area contributed by atoms with Crippen molar-refractivity contribution in [2.75, 3.05) is 11.9 Å². The van der Waals surface area contributed by atoms with Crippen molar-refractivity contribution in [1.82, 2.24) is 0 Å². The molecule has 3 N–H and O–H groups in total. The van der Waals surface area contributed by atoms with Gasteiger partial charge < -0.3 is 20.3 Å². The van der Waals surface area contributed by atoms with Gasteiger partial charge in [-0.15, -0.1) is 0 Å². The van der Waals surface area contributed by atoms with E-state index < -0.39 is 18.2 Å². The molecule has 1 heterocycles. The highest BCUT2D eigenvalue weighted by molar-refractivity contribution is 5.93. The molecule has 20 heavy (non-hydrogen) atoms. The quantitative estimate of drug-likeness (QED) is 0.699. The van der Waals surface area contributed by atoms with E-state index in [1.54, 1.807) is 25.1 Å².